The molecule has 1 N–H and O–H groups in total. The highest BCUT2D eigenvalue weighted by Crippen LogP contribution is 2.27. The molecular formula is C13H15BrN2S. The lowest BCUT2D eigenvalue weighted by Gasteiger charge is -2.27. The maximum Gasteiger partial charge on any atom is 0.113 e. The van der Waals surface area contributed by atoms with Crippen LogP contribution in [-0.4, -0.2) is 12.0 Å². The summed E-state index contributed by atoms with van der Waals surface area (Å²) in [5.74, 6) is 0. The third kappa shape index (κ3) is 2.94. The van der Waals surface area contributed by atoms with Gasteiger partial charge in [0.25, 0.3) is 0 Å². The topological polar surface area (TPSA) is 24.9 Å². The maximum absolute atomic E-state index is 4.42. The van der Waals surface area contributed by atoms with Gasteiger partial charge in [0, 0.05) is 16.0 Å². The van der Waals surface area contributed by atoms with E-state index in [1.54, 1.807) is 11.3 Å². The Hall–Kier alpha value is -0.710. The summed E-state index contributed by atoms with van der Waals surface area (Å²) in [7, 11) is 1.99. The van der Waals surface area contributed by atoms with Crippen molar-refractivity contribution in [1.82, 2.24) is 10.3 Å². The van der Waals surface area contributed by atoms with Crippen molar-refractivity contribution < 1.29 is 0 Å². The number of hydrogen-bond donors (Lipinski definition) is 1. The predicted octanol–water partition coefficient (Wildman–Crippen LogP) is 3.58. The maximum atomic E-state index is 4.42. The summed E-state index contributed by atoms with van der Waals surface area (Å²) in [5.41, 5.74) is 1.21. The van der Waals surface area contributed by atoms with E-state index in [0.717, 1.165) is 15.9 Å². The normalized spacial score (nSPS) is 14.5. The molecule has 0 bridgehead atoms. The fourth-order valence-corrected chi connectivity index (χ4v) is 2.85. The lowest BCUT2D eigenvalue weighted by molar-refractivity contribution is 0.395. The molecular weight excluding hydrogens is 296 g/mol. The van der Waals surface area contributed by atoms with Crippen molar-refractivity contribution in [3.63, 3.8) is 0 Å². The zero-order valence-electron chi connectivity index (χ0n) is 9.90. The van der Waals surface area contributed by atoms with E-state index in [2.05, 4.69) is 57.4 Å². The fourth-order valence-electron chi connectivity index (χ4n) is 1.78. The number of likely N-dealkylation sites (N-methyl/N-ethyl adjacent to an activating group) is 1. The Balaban J connectivity index is 2.23. The summed E-state index contributed by atoms with van der Waals surface area (Å²) in [6, 6.07) is 8.45. The van der Waals surface area contributed by atoms with Crippen LogP contribution in [0.5, 0.6) is 0 Å². The molecule has 1 atom stereocenters. The molecule has 17 heavy (non-hydrogen) atoms. The molecule has 0 saturated carbocycles. The highest BCUT2D eigenvalue weighted by Gasteiger charge is 2.27. The Morgan fingerprint density at radius 2 is 2.06 bits per heavy atom. The Morgan fingerprint density at radius 3 is 2.59 bits per heavy atom. The van der Waals surface area contributed by atoms with Crippen molar-refractivity contribution in [2.75, 3.05) is 7.05 Å². The lowest BCUT2D eigenvalue weighted by Crippen LogP contribution is -2.38. The van der Waals surface area contributed by atoms with Crippen molar-refractivity contribution in [3.05, 3.63) is 50.9 Å². The zero-order valence-corrected chi connectivity index (χ0v) is 12.3. The van der Waals surface area contributed by atoms with Gasteiger partial charge in [0.05, 0.1) is 5.54 Å². The monoisotopic (exact) mass is 310 g/mol. The average molecular weight is 311 g/mol. The van der Waals surface area contributed by atoms with Gasteiger partial charge in [-0.05, 0) is 38.1 Å². The van der Waals surface area contributed by atoms with Crippen LogP contribution in [0, 0.1) is 0 Å². The van der Waals surface area contributed by atoms with E-state index in [0.29, 0.717) is 0 Å². The van der Waals surface area contributed by atoms with E-state index in [1.807, 2.05) is 18.6 Å². The largest absolute Gasteiger partial charge is 0.308 e. The molecule has 0 spiro atoms. The SMILES string of the molecule is CNC(C)(Cc1ccc(Br)cc1)c1nccs1. The Kier molecular flexibility index (Phi) is 3.97. The third-order valence-corrected chi connectivity index (χ3v) is 4.49. The van der Waals surface area contributed by atoms with Crippen molar-refractivity contribution in [2.45, 2.75) is 18.9 Å². The molecule has 0 aliphatic carbocycles. The van der Waals surface area contributed by atoms with Crippen LogP contribution in [0.15, 0.2) is 40.3 Å². The van der Waals surface area contributed by atoms with Gasteiger partial charge in [0.2, 0.25) is 0 Å². The van der Waals surface area contributed by atoms with E-state index in [4.69, 9.17) is 0 Å². The molecule has 2 nitrogen and oxygen atoms in total. The first-order valence-electron chi connectivity index (χ1n) is 5.47. The first-order chi connectivity index (χ1) is 8.14. The van der Waals surface area contributed by atoms with Crippen LogP contribution in [0.1, 0.15) is 17.5 Å². The quantitative estimate of drug-likeness (QED) is 0.933. The number of hydrogen-bond acceptors (Lipinski definition) is 3. The number of rotatable bonds is 4. The molecule has 2 aromatic rings. The van der Waals surface area contributed by atoms with Gasteiger partial charge in [-0.1, -0.05) is 28.1 Å². The molecule has 2 rings (SSSR count). The van der Waals surface area contributed by atoms with E-state index in [9.17, 15) is 0 Å². The average Bonchev–Trinajstić information content (AvgIpc) is 2.86. The number of benzene rings is 1. The molecule has 1 unspecified atom stereocenters. The minimum Gasteiger partial charge on any atom is -0.308 e. The lowest BCUT2D eigenvalue weighted by atomic mass is 9.93. The molecule has 1 aromatic heterocycles. The zero-order chi connectivity index (χ0) is 12.3. The van der Waals surface area contributed by atoms with Crippen LogP contribution in [0.3, 0.4) is 0 Å². The molecule has 1 heterocycles. The van der Waals surface area contributed by atoms with Crippen LogP contribution < -0.4 is 5.32 Å². The molecule has 0 saturated heterocycles. The second kappa shape index (κ2) is 5.29. The van der Waals surface area contributed by atoms with Gasteiger partial charge in [-0.25, -0.2) is 4.98 Å². The molecule has 0 aliphatic rings. The minimum absolute atomic E-state index is 0.0952. The molecule has 0 radical (unpaired) electrons. The smallest absolute Gasteiger partial charge is 0.113 e. The first-order valence-corrected chi connectivity index (χ1v) is 7.15. The molecule has 0 aliphatic heterocycles. The van der Waals surface area contributed by atoms with Gasteiger partial charge < -0.3 is 5.32 Å². The van der Waals surface area contributed by atoms with Crippen LogP contribution >= 0.6 is 27.3 Å². The van der Waals surface area contributed by atoms with E-state index >= 15 is 0 Å². The first kappa shape index (κ1) is 12.7. The Bertz CT molecular complexity index is 467. The van der Waals surface area contributed by atoms with Gasteiger partial charge in [0.15, 0.2) is 0 Å². The third-order valence-electron chi connectivity index (χ3n) is 2.93. The van der Waals surface area contributed by atoms with Crippen molar-refractivity contribution in [1.29, 1.82) is 0 Å². The predicted molar refractivity (Wildman–Crippen MR) is 76.4 cm³/mol. The summed E-state index contributed by atoms with van der Waals surface area (Å²) in [6.45, 7) is 2.19. The standard InChI is InChI=1S/C13H15BrN2S/c1-13(15-2,12-16-7-8-17-12)9-10-3-5-11(14)6-4-10/h3-8,15H,9H2,1-2H3. The van der Waals surface area contributed by atoms with Gasteiger partial charge in [-0.2, -0.15) is 0 Å². The van der Waals surface area contributed by atoms with Crippen LogP contribution in [0.25, 0.3) is 0 Å². The van der Waals surface area contributed by atoms with E-state index in [1.165, 1.54) is 5.56 Å². The van der Waals surface area contributed by atoms with E-state index in [-0.39, 0.29) is 5.54 Å². The van der Waals surface area contributed by atoms with Crippen LogP contribution in [0.2, 0.25) is 0 Å². The second-order valence-electron chi connectivity index (χ2n) is 4.22. The highest BCUT2D eigenvalue weighted by atomic mass is 79.9. The number of thiazole rings is 1. The van der Waals surface area contributed by atoms with Crippen molar-refractivity contribution in [3.8, 4) is 0 Å². The summed E-state index contributed by atoms with van der Waals surface area (Å²) < 4.78 is 1.11. The molecule has 1 aromatic carbocycles. The van der Waals surface area contributed by atoms with Gasteiger partial charge in [-0.15, -0.1) is 11.3 Å². The van der Waals surface area contributed by atoms with Gasteiger partial charge in [0.1, 0.15) is 5.01 Å². The van der Waals surface area contributed by atoms with E-state index < -0.39 is 0 Å². The summed E-state index contributed by atoms with van der Waals surface area (Å²) in [6.07, 6.45) is 2.79. The number of aromatic nitrogens is 1. The Morgan fingerprint density at radius 1 is 1.35 bits per heavy atom. The summed E-state index contributed by atoms with van der Waals surface area (Å²) >= 11 is 5.15. The molecule has 4 heteroatoms. The minimum atomic E-state index is -0.0952. The van der Waals surface area contributed by atoms with Crippen LogP contribution in [-0.2, 0) is 12.0 Å². The molecule has 0 amide bonds. The van der Waals surface area contributed by atoms with Gasteiger partial charge >= 0.3 is 0 Å². The van der Waals surface area contributed by atoms with Crippen molar-refractivity contribution in [2.24, 2.45) is 0 Å². The van der Waals surface area contributed by atoms with Crippen molar-refractivity contribution >= 4 is 27.3 Å². The summed E-state index contributed by atoms with van der Waals surface area (Å²) in [5, 5.41) is 6.53. The highest BCUT2D eigenvalue weighted by molar-refractivity contribution is 9.10. The molecule has 90 valence electrons. The number of halogens is 1. The van der Waals surface area contributed by atoms with Crippen LogP contribution in [0.4, 0.5) is 0 Å². The van der Waals surface area contributed by atoms with Gasteiger partial charge in [-0.3, -0.25) is 0 Å². The second-order valence-corrected chi connectivity index (χ2v) is 6.03. The number of nitrogens with one attached hydrogen (secondary N) is 1. The Labute approximate surface area is 114 Å². The number of nitrogens with zero attached hydrogens (tertiary/aromatic N) is 1. The molecule has 0 fully saturated rings. The summed E-state index contributed by atoms with van der Waals surface area (Å²) in [4.78, 5) is 4.42. The fraction of sp³-hybridized carbons (Fsp3) is 0.308.